The summed E-state index contributed by atoms with van der Waals surface area (Å²) in [6.07, 6.45) is -0.389. The van der Waals surface area contributed by atoms with Crippen LogP contribution in [0.4, 0.5) is 4.39 Å². The molecule has 2 N–H and O–H groups in total. The van der Waals surface area contributed by atoms with Gasteiger partial charge in [0.25, 0.3) is 5.91 Å². The summed E-state index contributed by atoms with van der Waals surface area (Å²) in [6, 6.07) is 13.7. The van der Waals surface area contributed by atoms with Gasteiger partial charge >= 0.3 is 0 Å². The Balaban J connectivity index is 0.00000196. The fourth-order valence-electron chi connectivity index (χ4n) is 4.12. The van der Waals surface area contributed by atoms with Gasteiger partial charge in [-0.2, -0.15) is 0 Å². The number of hydrogen-bond donors (Lipinski definition) is 2. The van der Waals surface area contributed by atoms with Crippen LogP contribution < -0.4 is 5.32 Å². The number of aliphatic hydroxyl groups excluding tert-OH is 1. The van der Waals surface area contributed by atoms with Gasteiger partial charge in [-0.15, -0.1) is 17.0 Å². The molecule has 1 amide bonds. The highest BCUT2D eigenvalue weighted by molar-refractivity contribution is 8.93. The van der Waals surface area contributed by atoms with E-state index in [-0.39, 0.29) is 40.7 Å². The molecule has 2 aromatic rings. The topological polar surface area (TPSA) is 52.6 Å². The van der Waals surface area contributed by atoms with E-state index in [4.69, 9.17) is 0 Å². The fraction of sp³-hybridized carbons (Fsp3) is 0.350. The van der Waals surface area contributed by atoms with Crippen molar-refractivity contribution < 1.29 is 14.3 Å². The Bertz CT molecular complexity index is 784. The Morgan fingerprint density at radius 1 is 1.12 bits per heavy atom. The summed E-state index contributed by atoms with van der Waals surface area (Å²) in [7, 11) is 0. The van der Waals surface area contributed by atoms with Crippen LogP contribution in [0.2, 0.25) is 0 Å². The van der Waals surface area contributed by atoms with Crippen LogP contribution in [0.25, 0.3) is 0 Å². The van der Waals surface area contributed by atoms with Gasteiger partial charge in [0.15, 0.2) is 0 Å². The van der Waals surface area contributed by atoms with Crippen molar-refractivity contribution in [1.29, 1.82) is 0 Å². The molecule has 1 aliphatic carbocycles. The minimum atomic E-state index is -0.389. The van der Waals surface area contributed by atoms with Gasteiger partial charge in [-0.3, -0.25) is 4.79 Å². The molecule has 2 aliphatic rings. The third-order valence-corrected chi connectivity index (χ3v) is 5.38. The Morgan fingerprint density at radius 3 is 2.54 bits per heavy atom. The van der Waals surface area contributed by atoms with E-state index in [0.29, 0.717) is 18.0 Å². The normalized spacial score (nSPS) is 23.8. The highest BCUT2D eigenvalue weighted by Crippen LogP contribution is 2.48. The standard InChI is InChI=1S/C20H21FN2O2.BrH/c21-14-7-5-13(6-8-14)20(25)22-9-10-23-11-17-15-3-1-2-4-16(15)19(24)18(17)12-23;/h1-8,17-19,24H,9-12H2,(H,22,25);1H. The number of likely N-dealkylation sites (tertiary alicyclic amines) is 1. The molecule has 4 rings (SSSR count). The summed E-state index contributed by atoms with van der Waals surface area (Å²) in [5.74, 6) is 0.0768. The quantitative estimate of drug-likeness (QED) is 0.799. The average molecular weight is 421 g/mol. The first-order valence-electron chi connectivity index (χ1n) is 8.66. The molecule has 0 radical (unpaired) electrons. The Hall–Kier alpha value is -1.76. The maximum absolute atomic E-state index is 12.9. The van der Waals surface area contributed by atoms with Crippen LogP contribution in [0.5, 0.6) is 0 Å². The van der Waals surface area contributed by atoms with Crippen molar-refractivity contribution in [1.82, 2.24) is 10.2 Å². The van der Waals surface area contributed by atoms with Gasteiger partial charge in [0, 0.05) is 43.6 Å². The molecule has 1 saturated heterocycles. The third kappa shape index (κ3) is 3.54. The average Bonchev–Trinajstić information content (AvgIpc) is 3.15. The lowest BCUT2D eigenvalue weighted by atomic mass is 9.96. The van der Waals surface area contributed by atoms with Crippen molar-refractivity contribution in [3.05, 3.63) is 71.0 Å². The van der Waals surface area contributed by atoms with E-state index in [1.165, 1.54) is 29.8 Å². The number of aliphatic hydroxyl groups is 1. The summed E-state index contributed by atoms with van der Waals surface area (Å²) in [5, 5.41) is 13.4. The number of halogens is 2. The van der Waals surface area contributed by atoms with Crippen molar-refractivity contribution >= 4 is 22.9 Å². The van der Waals surface area contributed by atoms with Gasteiger partial charge in [-0.05, 0) is 35.4 Å². The number of hydrogen-bond acceptors (Lipinski definition) is 3. The predicted molar refractivity (Wildman–Crippen MR) is 103 cm³/mol. The highest BCUT2D eigenvalue weighted by atomic mass is 79.9. The second kappa shape index (κ2) is 7.86. The highest BCUT2D eigenvalue weighted by Gasteiger charge is 2.45. The second-order valence-electron chi connectivity index (χ2n) is 6.87. The predicted octanol–water partition coefficient (Wildman–Crippen LogP) is 2.90. The molecule has 2 aromatic carbocycles. The van der Waals surface area contributed by atoms with Gasteiger partial charge < -0.3 is 15.3 Å². The van der Waals surface area contributed by atoms with E-state index >= 15 is 0 Å². The van der Waals surface area contributed by atoms with Crippen molar-refractivity contribution in [2.45, 2.75) is 12.0 Å². The molecule has 1 heterocycles. The number of rotatable bonds is 4. The maximum Gasteiger partial charge on any atom is 0.251 e. The Labute approximate surface area is 162 Å². The van der Waals surface area contributed by atoms with E-state index in [9.17, 15) is 14.3 Å². The van der Waals surface area contributed by atoms with Gasteiger partial charge in [0.1, 0.15) is 5.82 Å². The lowest BCUT2D eigenvalue weighted by Gasteiger charge is -2.19. The first-order valence-corrected chi connectivity index (χ1v) is 8.66. The van der Waals surface area contributed by atoms with Crippen LogP contribution in [-0.2, 0) is 0 Å². The molecule has 3 unspecified atom stereocenters. The molecule has 4 nitrogen and oxygen atoms in total. The maximum atomic E-state index is 12.9. The van der Waals surface area contributed by atoms with E-state index in [1.807, 2.05) is 18.2 Å². The van der Waals surface area contributed by atoms with Crippen molar-refractivity contribution in [3.8, 4) is 0 Å². The van der Waals surface area contributed by atoms with Crippen LogP contribution in [0.3, 0.4) is 0 Å². The van der Waals surface area contributed by atoms with Crippen molar-refractivity contribution in [3.63, 3.8) is 0 Å². The van der Waals surface area contributed by atoms with E-state index in [2.05, 4.69) is 16.3 Å². The summed E-state index contributed by atoms with van der Waals surface area (Å²) in [5.41, 5.74) is 2.80. The number of nitrogens with zero attached hydrogens (tertiary/aromatic N) is 1. The molecule has 138 valence electrons. The first-order chi connectivity index (χ1) is 12.1. The first kappa shape index (κ1) is 19.0. The molecule has 26 heavy (non-hydrogen) atoms. The molecule has 3 atom stereocenters. The van der Waals surface area contributed by atoms with Gasteiger partial charge in [-0.1, -0.05) is 24.3 Å². The third-order valence-electron chi connectivity index (χ3n) is 5.38. The largest absolute Gasteiger partial charge is 0.388 e. The molecule has 0 bridgehead atoms. The number of benzene rings is 2. The lowest BCUT2D eigenvalue weighted by molar-refractivity contribution is 0.0946. The van der Waals surface area contributed by atoms with Crippen molar-refractivity contribution in [2.75, 3.05) is 26.2 Å². The molecule has 1 aliphatic heterocycles. The van der Waals surface area contributed by atoms with E-state index in [1.54, 1.807) is 0 Å². The SMILES string of the molecule is Br.O=C(NCCN1CC2c3ccccc3C(O)C2C1)c1ccc(F)cc1. The van der Waals surface area contributed by atoms with Gasteiger partial charge in [-0.25, -0.2) is 4.39 Å². The monoisotopic (exact) mass is 420 g/mol. The minimum absolute atomic E-state index is 0. The summed E-state index contributed by atoms with van der Waals surface area (Å²) in [6.45, 7) is 3.03. The summed E-state index contributed by atoms with van der Waals surface area (Å²) < 4.78 is 12.9. The zero-order chi connectivity index (χ0) is 17.4. The van der Waals surface area contributed by atoms with E-state index in [0.717, 1.165) is 25.2 Å². The number of nitrogens with one attached hydrogen (secondary N) is 1. The smallest absolute Gasteiger partial charge is 0.251 e. The molecular weight excluding hydrogens is 399 g/mol. The molecule has 0 spiro atoms. The van der Waals surface area contributed by atoms with Gasteiger partial charge in [0.05, 0.1) is 6.10 Å². The molecular formula is C20H22BrFN2O2. The number of carbonyl (C=O) groups excluding carboxylic acids is 1. The van der Waals surface area contributed by atoms with Gasteiger partial charge in [0.2, 0.25) is 0 Å². The van der Waals surface area contributed by atoms with Crippen molar-refractivity contribution in [2.24, 2.45) is 5.92 Å². The van der Waals surface area contributed by atoms with Crippen LogP contribution >= 0.6 is 17.0 Å². The lowest BCUT2D eigenvalue weighted by Crippen LogP contribution is -2.34. The molecule has 0 aromatic heterocycles. The van der Waals surface area contributed by atoms with Crippen LogP contribution in [0, 0.1) is 11.7 Å². The van der Waals surface area contributed by atoms with Crippen LogP contribution in [-0.4, -0.2) is 42.1 Å². The zero-order valence-corrected chi connectivity index (χ0v) is 16.0. The minimum Gasteiger partial charge on any atom is -0.388 e. The fourth-order valence-corrected chi connectivity index (χ4v) is 4.12. The van der Waals surface area contributed by atoms with Crippen LogP contribution in [0.1, 0.15) is 33.5 Å². The molecule has 1 fully saturated rings. The number of fused-ring (bicyclic) bond motifs is 3. The Morgan fingerprint density at radius 2 is 1.81 bits per heavy atom. The second-order valence-corrected chi connectivity index (χ2v) is 6.87. The Kier molecular flexibility index (Phi) is 5.75. The number of amides is 1. The summed E-state index contributed by atoms with van der Waals surface area (Å²) in [4.78, 5) is 14.3. The molecule has 6 heteroatoms. The summed E-state index contributed by atoms with van der Waals surface area (Å²) >= 11 is 0. The molecule has 0 saturated carbocycles. The van der Waals surface area contributed by atoms with E-state index < -0.39 is 0 Å². The van der Waals surface area contributed by atoms with Crippen LogP contribution in [0.15, 0.2) is 48.5 Å². The zero-order valence-electron chi connectivity index (χ0n) is 14.3. The number of carbonyl (C=O) groups is 1.